The molecule has 0 saturated heterocycles. The number of allylic oxidation sites excluding steroid dienone is 2. The summed E-state index contributed by atoms with van der Waals surface area (Å²) < 4.78 is 11.7. The molecule has 0 bridgehead atoms. The van der Waals surface area contributed by atoms with E-state index in [4.69, 9.17) is 14.5 Å². The summed E-state index contributed by atoms with van der Waals surface area (Å²) in [5, 5.41) is 0.938. The molecule has 0 saturated carbocycles. The maximum atomic E-state index is 12.8. The molecule has 0 amide bonds. The molecule has 3 aromatic rings. The number of nitrogens with zero attached hydrogens (tertiary/aromatic N) is 1. The van der Waals surface area contributed by atoms with Crippen molar-refractivity contribution in [1.82, 2.24) is 4.98 Å². The summed E-state index contributed by atoms with van der Waals surface area (Å²) in [7, 11) is 1.51. The molecule has 1 aromatic heterocycles. The van der Waals surface area contributed by atoms with E-state index in [1.54, 1.807) is 35.6 Å². The van der Waals surface area contributed by atoms with Crippen molar-refractivity contribution in [2.75, 3.05) is 13.7 Å². The van der Waals surface area contributed by atoms with Gasteiger partial charge in [0.05, 0.1) is 33.8 Å². The summed E-state index contributed by atoms with van der Waals surface area (Å²) in [6, 6.07) is 14.9. The lowest BCUT2D eigenvalue weighted by Crippen LogP contribution is -2.27. The minimum Gasteiger partial charge on any atom is -0.496 e. The molecule has 1 heterocycles. The van der Waals surface area contributed by atoms with Gasteiger partial charge in [-0.3, -0.25) is 9.59 Å². The fourth-order valence-corrected chi connectivity index (χ4v) is 4.74. The molecule has 5 nitrogen and oxygen atoms in total. The molecule has 29 heavy (non-hydrogen) atoms. The summed E-state index contributed by atoms with van der Waals surface area (Å²) in [6.07, 6.45) is 5.40. The molecule has 6 heteroatoms. The average Bonchev–Trinajstić information content (AvgIpc) is 3.21. The molecule has 1 aliphatic carbocycles. The molecular weight excluding hydrogens is 386 g/mol. The third-order valence-electron chi connectivity index (χ3n) is 5.12. The van der Waals surface area contributed by atoms with E-state index >= 15 is 0 Å². The van der Waals surface area contributed by atoms with Gasteiger partial charge in [0.25, 0.3) is 0 Å². The Morgan fingerprint density at radius 1 is 1.07 bits per heavy atom. The Labute approximate surface area is 173 Å². The number of para-hydroxylation sites is 2. The van der Waals surface area contributed by atoms with E-state index in [0.29, 0.717) is 17.7 Å². The van der Waals surface area contributed by atoms with E-state index in [1.165, 1.54) is 7.11 Å². The van der Waals surface area contributed by atoms with Crippen LogP contribution in [0.1, 0.15) is 34.1 Å². The topological polar surface area (TPSA) is 65.5 Å². The van der Waals surface area contributed by atoms with Gasteiger partial charge in [0.2, 0.25) is 5.78 Å². The van der Waals surface area contributed by atoms with Gasteiger partial charge in [0.1, 0.15) is 5.75 Å². The van der Waals surface area contributed by atoms with Gasteiger partial charge in [-0.05, 0) is 37.1 Å². The maximum Gasteiger partial charge on any atom is 0.310 e. The Balaban J connectivity index is 1.48. The number of hydrogen-bond donors (Lipinski definition) is 0. The minimum absolute atomic E-state index is 0.0359. The molecule has 2 unspecified atom stereocenters. The van der Waals surface area contributed by atoms with Crippen molar-refractivity contribution in [2.24, 2.45) is 5.92 Å². The SMILES string of the molecule is COc1ccccc1C(=O)COC(=O)C1CC=CCC1c1nc2ccccc2s1. The molecular formula is C23H21NO4S. The van der Waals surface area contributed by atoms with Crippen LogP contribution in [0.4, 0.5) is 0 Å². The number of ketones is 1. The lowest BCUT2D eigenvalue weighted by Gasteiger charge is -2.25. The number of carbonyl (C=O) groups is 2. The van der Waals surface area contributed by atoms with E-state index in [-0.39, 0.29) is 30.2 Å². The molecule has 4 rings (SSSR count). The van der Waals surface area contributed by atoms with Crippen molar-refractivity contribution in [3.05, 3.63) is 71.3 Å². The highest BCUT2D eigenvalue weighted by atomic mass is 32.1. The number of thiazole rings is 1. The molecule has 2 atom stereocenters. The molecule has 148 valence electrons. The molecule has 0 radical (unpaired) electrons. The largest absolute Gasteiger partial charge is 0.496 e. The Bertz CT molecular complexity index is 1040. The van der Waals surface area contributed by atoms with E-state index < -0.39 is 0 Å². The van der Waals surface area contributed by atoms with E-state index in [0.717, 1.165) is 21.6 Å². The van der Waals surface area contributed by atoms with Gasteiger partial charge in [-0.2, -0.15) is 0 Å². The van der Waals surface area contributed by atoms with Gasteiger partial charge < -0.3 is 9.47 Å². The molecule has 0 N–H and O–H groups in total. The fourth-order valence-electron chi connectivity index (χ4n) is 3.59. The Kier molecular flexibility index (Phi) is 5.71. The van der Waals surface area contributed by atoms with Crippen molar-refractivity contribution in [3.8, 4) is 5.75 Å². The maximum absolute atomic E-state index is 12.8. The summed E-state index contributed by atoms with van der Waals surface area (Å²) in [5.74, 6) is -0.542. The molecule has 0 fully saturated rings. The van der Waals surface area contributed by atoms with Crippen LogP contribution in [-0.4, -0.2) is 30.5 Å². The average molecular weight is 407 g/mol. The standard InChI is InChI=1S/C23H21NO4S/c1-27-20-12-6-4-10-17(20)19(25)14-28-23(26)16-9-3-2-8-15(16)22-24-18-11-5-7-13-21(18)29-22/h2-7,10-13,15-16H,8-9,14H2,1H3. The number of rotatable bonds is 6. The van der Waals surface area contributed by atoms with Crippen molar-refractivity contribution >= 4 is 33.3 Å². The number of methoxy groups -OCH3 is 1. The van der Waals surface area contributed by atoms with E-state index in [2.05, 4.69) is 6.08 Å². The Morgan fingerprint density at radius 2 is 1.83 bits per heavy atom. The molecule has 1 aliphatic rings. The number of carbonyl (C=O) groups excluding carboxylic acids is 2. The quantitative estimate of drug-likeness (QED) is 0.334. The predicted molar refractivity (Wildman–Crippen MR) is 113 cm³/mol. The third kappa shape index (κ3) is 4.07. The van der Waals surface area contributed by atoms with Gasteiger partial charge in [-0.25, -0.2) is 4.98 Å². The van der Waals surface area contributed by atoms with Crippen molar-refractivity contribution in [2.45, 2.75) is 18.8 Å². The van der Waals surface area contributed by atoms with Crippen LogP contribution >= 0.6 is 11.3 Å². The second-order valence-corrected chi connectivity index (χ2v) is 7.97. The highest BCUT2D eigenvalue weighted by molar-refractivity contribution is 7.18. The highest BCUT2D eigenvalue weighted by Gasteiger charge is 2.34. The first-order valence-electron chi connectivity index (χ1n) is 9.50. The van der Waals surface area contributed by atoms with Gasteiger partial charge in [0, 0.05) is 5.92 Å². The second kappa shape index (κ2) is 8.57. The first kappa shape index (κ1) is 19.3. The second-order valence-electron chi connectivity index (χ2n) is 6.91. The van der Waals surface area contributed by atoms with E-state index in [1.807, 2.05) is 30.3 Å². The third-order valence-corrected chi connectivity index (χ3v) is 6.28. The highest BCUT2D eigenvalue weighted by Crippen LogP contribution is 2.39. The smallest absolute Gasteiger partial charge is 0.310 e. The number of aromatic nitrogens is 1. The summed E-state index contributed by atoms with van der Waals surface area (Å²) >= 11 is 1.61. The van der Waals surface area contributed by atoms with Gasteiger partial charge >= 0.3 is 5.97 Å². The zero-order valence-corrected chi connectivity index (χ0v) is 16.9. The van der Waals surface area contributed by atoms with Crippen LogP contribution in [0.5, 0.6) is 5.75 Å². The number of hydrogen-bond acceptors (Lipinski definition) is 6. The van der Waals surface area contributed by atoms with E-state index in [9.17, 15) is 9.59 Å². The lowest BCUT2D eigenvalue weighted by atomic mass is 9.83. The summed E-state index contributed by atoms with van der Waals surface area (Å²) in [4.78, 5) is 30.1. The van der Waals surface area contributed by atoms with Crippen molar-refractivity contribution < 1.29 is 19.1 Å². The number of benzene rings is 2. The Morgan fingerprint density at radius 3 is 2.66 bits per heavy atom. The number of Topliss-reactive ketones (excluding diaryl/α,β-unsaturated/α-hetero) is 1. The van der Waals surface area contributed by atoms with Gasteiger partial charge in [-0.15, -0.1) is 11.3 Å². The van der Waals surface area contributed by atoms with Crippen molar-refractivity contribution in [3.63, 3.8) is 0 Å². The van der Waals surface area contributed by atoms with Crippen LogP contribution in [0.2, 0.25) is 0 Å². The molecule has 0 aliphatic heterocycles. The van der Waals surface area contributed by atoms with Crippen LogP contribution in [0.3, 0.4) is 0 Å². The molecule has 0 spiro atoms. The van der Waals surface area contributed by atoms with Gasteiger partial charge in [0.15, 0.2) is 6.61 Å². The van der Waals surface area contributed by atoms with Crippen LogP contribution in [0, 0.1) is 5.92 Å². The number of ether oxygens (including phenoxy) is 2. The zero-order valence-electron chi connectivity index (χ0n) is 16.0. The summed E-state index contributed by atoms with van der Waals surface area (Å²) in [6.45, 7) is -0.300. The van der Waals surface area contributed by atoms with Crippen LogP contribution in [0.25, 0.3) is 10.2 Å². The lowest BCUT2D eigenvalue weighted by molar-refractivity contribution is -0.148. The van der Waals surface area contributed by atoms with Crippen molar-refractivity contribution in [1.29, 1.82) is 0 Å². The Hall–Kier alpha value is -2.99. The minimum atomic E-state index is -0.359. The number of esters is 1. The van der Waals surface area contributed by atoms with Crippen LogP contribution < -0.4 is 4.74 Å². The number of fused-ring (bicyclic) bond motifs is 1. The predicted octanol–water partition coefficient (Wildman–Crippen LogP) is 4.78. The fraction of sp³-hybridized carbons (Fsp3) is 0.261. The van der Waals surface area contributed by atoms with Gasteiger partial charge in [-0.1, -0.05) is 36.4 Å². The monoisotopic (exact) mass is 407 g/mol. The molecule has 2 aromatic carbocycles. The zero-order chi connectivity index (χ0) is 20.2. The van der Waals surface area contributed by atoms with Crippen LogP contribution in [-0.2, 0) is 9.53 Å². The summed E-state index contributed by atoms with van der Waals surface area (Å²) in [5.41, 5.74) is 1.36. The first-order chi connectivity index (χ1) is 14.2. The first-order valence-corrected chi connectivity index (χ1v) is 10.3. The normalized spacial score (nSPS) is 18.5. The van der Waals surface area contributed by atoms with Crippen LogP contribution in [0.15, 0.2) is 60.7 Å².